The number of methoxy groups -OCH3 is 1. The van der Waals surface area contributed by atoms with Gasteiger partial charge in [0.25, 0.3) is 6.01 Å². The molecule has 0 radical (unpaired) electrons. The van der Waals surface area contributed by atoms with E-state index in [1.165, 1.54) is 6.42 Å². The van der Waals surface area contributed by atoms with E-state index in [2.05, 4.69) is 21.9 Å². The maximum absolute atomic E-state index is 6.00. The number of nitrogen functional groups attached to an aromatic ring is 1. The van der Waals surface area contributed by atoms with E-state index < -0.39 is 0 Å². The predicted octanol–water partition coefficient (Wildman–Crippen LogP) is 2.15. The van der Waals surface area contributed by atoms with Gasteiger partial charge in [-0.2, -0.15) is 15.0 Å². The first-order valence-corrected chi connectivity index (χ1v) is 7.47. The van der Waals surface area contributed by atoms with Gasteiger partial charge in [0, 0.05) is 6.54 Å². The summed E-state index contributed by atoms with van der Waals surface area (Å²) in [5, 5.41) is 0. The van der Waals surface area contributed by atoms with Crippen LogP contribution in [0.15, 0.2) is 0 Å². The van der Waals surface area contributed by atoms with Crippen molar-refractivity contribution in [2.75, 3.05) is 12.8 Å². The number of fused-ring (bicyclic) bond motifs is 1. The number of anilines is 1. The Balaban J connectivity index is 2.00. The largest absolute Gasteiger partial charge is 0.468 e. The highest BCUT2D eigenvalue weighted by Gasteiger charge is 2.22. The van der Waals surface area contributed by atoms with Crippen molar-refractivity contribution in [2.45, 2.75) is 51.7 Å². The van der Waals surface area contributed by atoms with Crippen LogP contribution >= 0.6 is 0 Å². The first-order valence-electron chi connectivity index (χ1n) is 7.47. The maximum Gasteiger partial charge on any atom is 0.320 e. The van der Waals surface area contributed by atoms with E-state index in [0.29, 0.717) is 29.0 Å². The molecule has 0 amide bonds. The molecule has 2 N–H and O–H groups in total. The van der Waals surface area contributed by atoms with Crippen LogP contribution in [0.25, 0.3) is 11.2 Å². The third kappa shape index (κ3) is 2.59. The van der Waals surface area contributed by atoms with Gasteiger partial charge in [-0.05, 0) is 25.7 Å². The highest BCUT2D eigenvalue weighted by atomic mass is 16.5. The van der Waals surface area contributed by atoms with E-state index in [1.807, 2.05) is 4.57 Å². The quantitative estimate of drug-likeness (QED) is 0.877. The zero-order chi connectivity index (χ0) is 14.8. The van der Waals surface area contributed by atoms with E-state index in [0.717, 1.165) is 32.2 Å². The highest BCUT2D eigenvalue weighted by molar-refractivity contribution is 5.83. The van der Waals surface area contributed by atoms with Crippen LogP contribution in [0.4, 0.5) is 5.82 Å². The number of aryl methyl sites for hydroxylation is 1. The van der Waals surface area contributed by atoms with Gasteiger partial charge in [-0.25, -0.2) is 0 Å². The zero-order valence-corrected chi connectivity index (χ0v) is 12.5. The SMILES string of the molecule is CCCCn1c(OC)nc2c(N)nc(OC3CCC3)nc21. The number of hydrogen-bond donors (Lipinski definition) is 1. The first kappa shape index (κ1) is 13.9. The summed E-state index contributed by atoms with van der Waals surface area (Å²) in [4.78, 5) is 13.1. The van der Waals surface area contributed by atoms with Crippen molar-refractivity contribution in [3.8, 4) is 12.0 Å². The molecule has 0 bridgehead atoms. The summed E-state index contributed by atoms with van der Waals surface area (Å²) in [7, 11) is 1.60. The topological polar surface area (TPSA) is 88.1 Å². The number of hydrogen-bond acceptors (Lipinski definition) is 6. The molecule has 1 fully saturated rings. The summed E-state index contributed by atoms with van der Waals surface area (Å²) in [6, 6.07) is 0.852. The molecule has 2 aromatic heterocycles. The van der Waals surface area contributed by atoms with Gasteiger partial charge in [0.05, 0.1) is 7.11 Å². The summed E-state index contributed by atoms with van der Waals surface area (Å²) < 4.78 is 13.0. The molecule has 7 nitrogen and oxygen atoms in total. The highest BCUT2D eigenvalue weighted by Crippen LogP contribution is 2.28. The third-order valence-corrected chi connectivity index (χ3v) is 3.81. The van der Waals surface area contributed by atoms with Gasteiger partial charge in [-0.15, -0.1) is 0 Å². The average Bonchev–Trinajstić information content (AvgIpc) is 2.79. The predicted molar refractivity (Wildman–Crippen MR) is 79.5 cm³/mol. The Morgan fingerprint density at radius 3 is 2.71 bits per heavy atom. The monoisotopic (exact) mass is 291 g/mol. The van der Waals surface area contributed by atoms with Gasteiger partial charge in [-0.1, -0.05) is 13.3 Å². The van der Waals surface area contributed by atoms with Gasteiger partial charge in [0.2, 0.25) is 0 Å². The lowest BCUT2D eigenvalue weighted by atomic mass is 9.96. The molecule has 114 valence electrons. The van der Waals surface area contributed by atoms with Crippen LogP contribution in [0.3, 0.4) is 0 Å². The second-order valence-corrected chi connectivity index (χ2v) is 5.34. The van der Waals surface area contributed by atoms with Crippen LogP contribution in [0, 0.1) is 0 Å². The lowest BCUT2D eigenvalue weighted by Gasteiger charge is -2.25. The molecule has 0 spiro atoms. The number of nitrogens with zero attached hydrogens (tertiary/aromatic N) is 4. The number of rotatable bonds is 6. The number of unbranched alkanes of at least 4 members (excludes halogenated alkanes) is 1. The fourth-order valence-corrected chi connectivity index (χ4v) is 2.35. The Morgan fingerprint density at radius 1 is 1.29 bits per heavy atom. The number of ether oxygens (including phenoxy) is 2. The third-order valence-electron chi connectivity index (χ3n) is 3.81. The Kier molecular flexibility index (Phi) is 3.81. The van der Waals surface area contributed by atoms with Crippen molar-refractivity contribution in [1.29, 1.82) is 0 Å². The lowest BCUT2D eigenvalue weighted by Crippen LogP contribution is -2.25. The molecule has 1 aliphatic rings. The Labute approximate surface area is 123 Å². The molecule has 3 rings (SSSR count). The molecule has 0 saturated heterocycles. The van der Waals surface area contributed by atoms with Crippen molar-refractivity contribution in [3.63, 3.8) is 0 Å². The number of nitrogens with two attached hydrogens (primary N) is 1. The Hall–Kier alpha value is -2.05. The van der Waals surface area contributed by atoms with Crippen molar-refractivity contribution in [3.05, 3.63) is 0 Å². The van der Waals surface area contributed by atoms with Gasteiger partial charge < -0.3 is 15.2 Å². The molecule has 21 heavy (non-hydrogen) atoms. The van der Waals surface area contributed by atoms with Gasteiger partial charge in [0.15, 0.2) is 17.0 Å². The van der Waals surface area contributed by atoms with Crippen molar-refractivity contribution >= 4 is 17.0 Å². The Morgan fingerprint density at radius 2 is 2.10 bits per heavy atom. The van der Waals surface area contributed by atoms with Crippen molar-refractivity contribution < 1.29 is 9.47 Å². The molecule has 1 saturated carbocycles. The molecule has 7 heteroatoms. The Bertz CT molecular complexity index is 636. The van der Waals surface area contributed by atoms with Crippen molar-refractivity contribution in [2.24, 2.45) is 0 Å². The smallest absolute Gasteiger partial charge is 0.320 e. The summed E-state index contributed by atoms with van der Waals surface area (Å²) in [5.41, 5.74) is 7.25. The van der Waals surface area contributed by atoms with Crippen molar-refractivity contribution in [1.82, 2.24) is 19.5 Å². The molecule has 0 atom stereocenters. The fraction of sp³-hybridized carbons (Fsp3) is 0.643. The minimum absolute atomic E-state index is 0.218. The lowest BCUT2D eigenvalue weighted by molar-refractivity contribution is 0.109. The summed E-state index contributed by atoms with van der Waals surface area (Å²) in [6.45, 7) is 2.93. The summed E-state index contributed by atoms with van der Waals surface area (Å²) in [6.07, 6.45) is 5.62. The van der Waals surface area contributed by atoms with Crippen LogP contribution in [0.2, 0.25) is 0 Å². The van der Waals surface area contributed by atoms with Crippen LogP contribution in [-0.4, -0.2) is 32.7 Å². The average molecular weight is 291 g/mol. The van der Waals surface area contributed by atoms with Crippen LogP contribution in [0.1, 0.15) is 39.0 Å². The fourth-order valence-electron chi connectivity index (χ4n) is 2.35. The first-order chi connectivity index (χ1) is 10.2. The van der Waals surface area contributed by atoms with E-state index >= 15 is 0 Å². The van der Waals surface area contributed by atoms with E-state index in [1.54, 1.807) is 7.11 Å². The number of imidazole rings is 1. The van der Waals surface area contributed by atoms with E-state index in [4.69, 9.17) is 15.2 Å². The number of aromatic nitrogens is 4. The molecule has 2 heterocycles. The van der Waals surface area contributed by atoms with E-state index in [-0.39, 0.29) is 6.10 Å². The second kappa shape index (κ2) is 5.75. The van der Waals surface area contributed by atoms with Crippen LogP contribution in [0.5, 0.6) is 12.0 Å². The summed E-state index contributed by atoms with van der Waals surface area (Å²) >= 11 is 0. The van der Waals surface area contributed by atoms with Crippen LogP contribution < -0.4 is 15.2 Å². The van der Waals surface area contributed by atoms with E-state index in [9.17, 15) is 0 Å². The minimum atomic E-state index is 0.218. The van der Waals surface area contributed by atoms with Gasteiger partial charge in [-0.3, -0.25) is 4.57 Å². The molecular weight excluding hydrogens is 270 g/mol. The maximum atomic E-state index is 6.00. The zero-order valence-electron chi connectivity index (χ0n) is 12.5. The van der Waals surface area contributed by atoms with Crippen LogP contribution in [-0.2, 0) is 6.54 Å². The molecule has 2 aromatic rings. The standard InChI is InChI=1S/C14H21N5O2/c1-3-4-8-19-12-10(16-14(19)20-2)11(15)17-13(18-12)21-9-6-5-7-9/h9H,3-8H2,1-2H3,(H2,15,17,18). The molecule has 0 aliphatic heterocycles. The summed E-state index contributed by atoms with van der Waals surface area (Å²) in [5.74, 6) is 0.336. The van der Waals surface area contributed by atoms with Gasteiger partial charge in [0.1, 0.15) is 6.10 Å². The second-order valence-electron chi connectivity index (χ2n) is 5.34. The van der Waals surface area contributed by atoms with Gasteiger partial charge >= 0.3 is 6.01 Å². The molecule has 1 aliphatic carbocycles. The molecular formula is C14H21N5O2. The minimum Gasteiger partial charge on any atom is -0.468 e. The normalized spacial score (nSPS) is 15.1. The molecule has 0 aromatic carbocycles. The molecule has 0 unspecified atom stereocenters.